The van der Waals surface area contributed by atoms with Crippen molar-refractivity contribution in [3.63, 3.8) is 0 Å². The molecule has 2 amide bonds. The van der Waals surface area contributed by atoms with E-state index in [0.717, 1.165) is 24.3 Å². The second-order valence-electron chi connectivity index (χ2n) is 5.19. The van der Waals surface area contributed by atoms with E-state index >= 15 is 0 Å². The van der Waals surface area contributed by atoms with Crippen LogP contribution in [0.15, 0.2) is 6.20 Å². The van der Waals surface area contributed by atoms with Gasteiger partial charge >= 0.3 is 0 Å². The van der Waals surface area contributed by atoms with Gasteiger partial charge in [0.1, 0.15) is 0 Å². The Hall–Kier alpha value is -1.43. The third kappa shape index (κ3) is 4.03. The van der Waals surface area contributed by atoms with Crippen molar-refractivity contribution in [2.75, 3.05) is 19.6 Å². The lowest BCUT2D eigenvalue weighted by Crippen LogP contribution is -2.42. The fraction of sp³-hybridized carbons (Fsp3) is 0.643. The zero-order valence-electron chi connectivity index (χ0n) is 12.0. The van der Waals surface area contributed by atoms with E-state index in [2.05, 4.69) is 10.3 Å². The summed E-state index contributed by atoms with van der Waals surface area (Å²) in [6.07, 6.45) is 4.18. The van der Waals surface area contributed by atoms with Gasteiger partial charge in [-0.25, -0.2) is 4.98 Å². The van der Waals surface area contributed by atoms with Crippen LogP contribution in [-0.2, 0) is 16.0 Å². The maximum Gasteiger partial charge on any atom is 0.223 e. The molecule has 20 heavy (non-hydrogen) atoms. The first kappa shape index (κ1) is 15.0. The number of nitrogens with zero attached hydrogens (tertiary/aromatic N) is 2. The largest absolute Gasteiger partial charge is 0.355 e. The molecule has 1 aromatic rings. The van der Waals surface area contributed by atoms with Gasteiger partial charge in [0.25, 0.3) is 0 Å². The standard InChI is InChI=1S/C14H21N3O2S/c1-10-9-16-13(20-10)3-6-15-14(19)12-4-7-17(8-5-12)11(2)18/h9,12H,3-8H2,1-2H3,(H,15,19). The summed E-state index contributed by atoms with van der Waals surface area (Å²) in [5.41, 5.74) is 0. The molecule has 2 heterocycles. The van der Waals surface area contributed by atoms with Crippen molar-refractivity contribution >= 4 is 23.2 Å². The summed E-state index contributed by atoms with van der Waals surface area (Å²) in [4.78, 5) is 30.5. The maximum absolute atomic E-state index is 12.0. The summed E-state index contributed by atoms with van der Waals surface area (Å²) in [6.45, 7) is 5.63. The van der Waals surface area contributed by atoms with E-state index in [9.17, 15) is 9.59 Å². The lowest BCUT2D eigenvalue weighted by molar-refractivity contribution is -0.133. The topological polar surface area (TPSA) is 62.3 Å². The molecule has 0 unspecified atom stereocenters. The van der Waals surface area contributed by atoms with Gasteiger partial charge in [-0.3, -0.25) is 9.59 Å². The zero-order valence-corrected chi connectivity index (χ0v) is 12.8. The highest BCUT2D eigenvalue weighted by Gasteiger charge is 2.25. The van der Waals surface area contributed by atoms with Crippen molar-refractivity contribution in [2.45, 2.75) is 33.1 Å². The molecule has 0 bridgehead atoms. The van der Waals surface area contributed by atoms with Gasteiger partial charge in [-0.2, -0.15) is 0 Å². The summed E-state index contributed by atoms with van der Waals surface area (Å²) in [6, 6.07) is 0. The normalized spacial score (nSPS) is 16.2. The number of rotatable bonds is 4. The van der Waals surface area contributed by atoms with E-state index in [0.29, 0.717) is 19.6 Å². The number of thiazole rings is 1. The van der Waals surface area contributed by atoms with Crippen LogP contribution in [0.25, 0.3) is 0 Å². The van der Waals surface area contributed by atoms with Crippen LogP contribution in [0.1, 0.15) is 29.7 Å². The number of aromatic nitrogens is 1. The van der Waals surface area contributed by atoms with E-state index < -0.39 is 0 Å². The van der Waals surface area contributed by atoms with Crippen molar-refractivity contribution in [3.05, 3.63) is 16.1 Å². The van der Waals surface area contributed by atoms with E-state index in [1.807, 2.05) is 18.0 Å². The molecule has 110 valence electrons. The molecule has 6 heteroatoms. The fourth-order valence-electron chi connectivity index (χ4n) is 2.41. The van der Waals surface area contributed by atoms with Crippen LogP contribution in [0.2, 0.25) is 0 Å². The first-order valence-electron chi connectivity index (χ1n) is 7.01. The minimum atomic E-state index is 0.0450. The Labute approximate surface area is 123 Å². The van der Waals surface area contributed by atoms with Crippen molar-refractivity contribution in [3.8, 4) is 0 Å². The Morgan fingerprint density at radius 3 is 2.70 bits per heavy atom. The van der Waals surface area contributed by atoms with Crippen LogP contribution < -0.4 is 5.32 Å². The Morgan fingerprint density at radius 1 is 1.45 bits per heavy atom. The van der Waals surface area contributed by atoms with Crippen molar-refractivity contribution in [1.29, 1.82) is 0 Å². The number of carbonyl (C=O) groups is 2. The number of hydrogen-bond acceptors (Lipinski definition) is 4. The van der Waals surface area contributed by atoms with Gasteiger partial charge in [-0.05, 0) is 19.8 Å². The molecule has 1 aromatic heterocycles. The van der Waals surface area contributed by atoms with Gasteiger partial charge in [0.2, 0.25) is 11.8 Å². The number of aryl methyl sites for hydroxylation is 1. The molecular formula is C14H21N3O2S. The highest BCUT2D eigenvalue weighted by Crippen LogP contribution is 2.17. The number of amides is 2. The quantitative estimate of drug-likeness (QED) is 0.912. The molecule has 1 N–H and O–H groups in total. The molecule has 1 aliphatic heterocycles. The van der Waals surface area contributed by atoms with Gasteiger partial charge in [0.05, 0.1) is 5.01 Å². The van der Waals surface area contributed by atoms with E-state index in [1.54, 1.807) is 18.3 Å². The minimum Gasteiger partial charge on any atom is -0.355 e. The third-order valence-electron chi connectivity index (χ3n) is 3.62. The Morgan fingerprint density at radius 2 is 2.15 bits per heavy atom. The maximum atomic E-state index is 12.0. The fourth-order valence-corrected chi connectivity index (χ4v) is 3.20. The molecule has 0 aliphatic carbocycles. The van der Waals surface area contributed by atoms with Crippen LogP contribution >= 0.6 is 11.3 Å². The summed E-state index contributed by atoms with van der Waals surface area (Å²) in [5, 5.41) is 4.04. The smallest absolute Gasteiger partial charge is 0.223 e. The van der Waals surface area contributed by atoms with Crippen LogP contribution in [0, 0.1) is 12.8 Å². The molecule has 2 rings (SSSR count). The lowest BCUT2D eigenvalue weighted by Gasteiger charge is -2.30. The van der Waals surface area contributed by atoms with Gasteiger partial charge in [0, 0.05) is 50.0 Å². The Kier molecular flexibility index (Phi) is 5.11. The van der Waals surface area contributed by atoms with Gasteiger partial charge in [-0.1, -0.05) is 0 Å². The van der Waals surface area contributed by atoms with Gasteiger partial charge in [-0.15, -0.1) is 11.3 Å². The molecule has 1 fully saturated rings. The second kappa shape index (κ2) is 6.83. The Bertz CT molecular complexity index is 479. The number of piperidine rings is 1. The van der Waals surface area contributed by atoms with Gasteiger partial charge < -0.3 is 10.2 Å². The predicted octanol–water partition coefficient (Wildman–Crippen LogP) is 1.37. The third-order valence-corrected chi connectivity index (χ3v) is 4.59. The van der Waals surface area contributed by atoms with Crippen LogP contribution in [0.4, 0.5) is 0 Å². The second-order valence-corrected chi connectivity index (χ2v) is 6.51. The van der Waals surface area contributed by atoms with Crippen molar-refractivity contribution in [1.82, 2.24) is 15.2 Å². The first-order chi connectivity index (χ1) is 9.56. The molecule has 1 saturated heterocycles. The van der Waals surface area contributed by atoms with E-state index in [-0.39, 0.29) is 17.7 Å². The van der Waals surface area contributed by atoms with Crippen molar-refractivity contribution in [2.24, 2.45) is 5.92 Å². The van der Waals surface area contributed by atoms with E-state index in [1.165, 1.54) is 4.88 Å². The minimum absolute atomic E-state index is 0.0450. The van der Waals surface area contributed by atoms with Crippen molar-refractivity contribution < 1.29 is 9.59 Å². The predicted molar refractivity (Wildman–Crippen MR) is 78.5 cm³/mol. The zero-order chi connectivity index (χ0) is 14.5. The SMILES string of the molecule is CC(=O)N1CCC(C(=O)NCCc2ncc(C)s2)CC1. The summed E-state index contributed by atoms with van der Waals surface area (Å²) in [5.74, 6) is 0.258. The highest BCUT2D eigenvalue weighted by molar-refractivity contribution is 7.11. The van der Waals surface area contributed by atoms with Gasteiger partial charge in [0.15, 0.2) is 0 Å². The number of carbonyl (C=O) groups excluding carboxylic acids is 2. The number of likely N-dealkylation sites (tertiary alicyclic amines) is 1. The Balaban J connectivity index is 1.69. The average molecular weight is 295 g/mol. The summed E-state index contributed by atoms with van der Waals surface area (Å²) >= 11 is 1.67. The molecule has 0 spiro atoms. The van der Waals surface area contributed by atoms with Crippen LogP contribution in [-0.4, -0.2) is 41.3 Å². The highest BCUT2D eigenvalue weighted by atomic mass is 32.1. The monoisotopic (exact) mass is 295 g/mol. The average Bonchev–Trinajstić information content (AvgIpc) is 2.84. The lowest BCUT2D eigenvalue weighted by atomic mass is 9.96. The van der Waals surface area contributed by atoms with Crippen LogP contribution in [0.5, 0.6) is 0 Å². The molecule has 0 aromatic carbocycles. The number of hydrogen-bond donors (Lipinski definition) is 1. The van der Waals surface area contributed by atoms with E-state index in [4.69, 9.17) is 0 Å². The first-order valence-corrected chi connectivity index (χ1v) is 7.82. The molecule has 1 aliphatic rings. The molecule has 0 radical (unpaired) electrons. The van der Waals surface area contributed by atoms with Crippen LogP contribution in [0.3, 0.4) is 0 Å². The molecular weight excluding hydrogens is 274 g/mol. The summed E-state index contributed by atoms with van der Waals surface area (Å²) < 4.78 is 0. The molecule has 0 atom stereocenters. The number of nitrogens with one attached hydrogen (secondary N) is 1. The summed E-state index contributed by atoms with van der Waals surface area (Å²) in [7, 11) is 0. The molecule has 0 saturated carbocycles. The molecule has 5 nitrogen and oxygen atoms in total.